The summed E-state index contributed by atoms with van der Waals surface area (Å²) in [7, 11) is 0. The molecule has 0 aliphatic heterocycles. The molecular weight excluding hydrogens is 909 g/mol. The van der Waals surface area contributed by atoms with Crippen LogP contribution in [0.25, 0.3) is 126 Å². The molecule has 0 bridgehead atoms. The van der Waals surface area contributed by atoms with Crippen LogP contribution in [-0.4, -0.2) is 4.57 Å². The van der Waals surface area contributed by atoms with Crippen molar-refractivity contribution in [2.24, 2.45) is 0 Å². The molecule has 0 radical (unpaired) electrons. The van der Waals surface area contributed by atoms with Crippen LogP contribution < -0.4 is 4.90 Å². The van der Waals surface area contributed by atoms with Crippen LogP contribution in [0.5, 0.6) is 0 Å². The number of fused-ring (bicyclic) bond motifs is 9. The number of hydrogen-bond acceptors (Lipinski definition) is 2. The number of para-hydroxylation sites is 4. The molecule has 0 saturated heterocycles. The molecule has 15 aromatic rings. The molecular formula is C72H46N2O. The van der Waals surface area contributed by atoms with E-state index in [2.05, 4.69) is 289 Å². The zero-order chi connectivity index (χ0) is 49.4. The van der Waals surface area contributed by atoms with E-state index in [4.69, 9.17) is 4.42 Å². The third-order valence-electron chi connectivity index (χ3n) is 15.3. The van der Waals surface area contributed by atoms with E-state index in [0.717, 1.165) is 89.2 Å². The quantitative estimate of drug-likeness (QED) is 0.151. The van der Waals surface area contributed by atoms with Gasteiger partial charge in [-0.1, -0.05) is 188 Å². The van der Waals surface area contributed by atoms with Gasteiger partial charge in [0.1, 0.15) is 11.2 Å². The van der Waals surface area contributed by atoms with Gasteiger partial charge >= 0.3 is 0 Å². The summed E-state index contributed by atoms with van der Waals surface area (Å²) >= 11 is 0. The maximum Gasteiger partial charge on any atom is 0.136 e. The van der Waals surface area contributed by atoms with E-state index < -0.39 is 0 Å². The van der Waals surface area contributed by atoms with E-state index in [0.29, 0.717) is 0 Å². The highest BCUT2D eigenvalue weighted by molar-refractivity contribution is 6.12. The average molecular weight is 955 g/mol. The Morgan fingerprint density at radius 1 is 0.267 bits per heavy atom. The Morgan fingerprint density at radius 3 is 1.45 bits per heavy atom. The SMILES string of the molecule is c1ccc(N(c2ccc(-c3ccccc3-n3c4ccccc4c4ccccc43)cc2)c2cc(-c3ccc4ccccc4c3)cc(-c3ccc4c(c3)oc3cc5ccccc5cc34)c2)c(-c2ccc3ccccc3c2)c1. The van der Waals surface area contributed by atoms with E-state index in [-0.39, 0.29) is 0 Å². The fourth-order valence-corrected chi connectivity index (χ4v) is 11.7. The first-order valence-corrected chi connectivity index (χ1v) is 25.7. The first-order valence-electron chi connectivity index (χ1n) is 25.7. The Bertz CT molecular complexity index is 4680. The Morgan fingerprint density at radius 2 is 0.760 bits per heavy atom. The predicted molar refractivity (Wildman–Crippen MR) is 317 cm³/mol. The molecule has 0 N–H and O–H groups in total. The van der Waals surface area contributed by atoms with Crippen LogP contribution in [-0.2, 0) is 0 Å². The van der Waals surface area contributed by atoms with E-state index in [1.807, 2.05) is 0 Å². The van der Waals surface area contributed by atoms with Crippen LogP contribution in [0, 0.1) is 0 Å². The summed E-state index contributed by atoms with van der Waals surface area (Å²) in [6.45, 7) is 0. The Labute approximate surface area is 434 Å². The lowest BCUT2D eigenvalue weighted by atomic mass is 9.94. The topological polar surface area (TPSA) is 21.3 Å². The maximum absolute atomic E-state index is 6.71. The van der Waals surface area contributed by atoms with Gasteiger partial charge in [0.05, 0.1) is 22.4 Å². The summed E-state index contributed by atoms with van der Waals surface area (Å²) in [5, 5.41) is 11.9. The van der Waals surface area contributed by atoms with Gasteiger partial charge in [-0.05, 0) is 157 Å². The molecule has 0 saturated carbocycles. The summed E-state index contributed by atoms with van der Waals surface area (Å²) in [5.74, 6) is 0. The normalized spacial score (nSPS) is 11.7. The van der Waals surface area contributed by atoms with E-state index in [9.17, 15) is 0 Å². The summed E-state index contributed by atoms with van der Waals surface area (Å²) < 4.78 is 9.13. The van der Waals surface area contributed by atoms with Crippen LogP contribution in [0.2, 0.25) is 0 Å². The van der Waals surface area contributed by atoms with Gasteiger partial charge in [0.25, 0.3) is 0 Å². The molecule has 2 heterocycles. The Kier molecular flexibility index (Phi) is 9.89. The minimum Gasteiger partial charge on any atom is -0.456 e. The zero-order valence-electron chi connectivity index (χ0n) is 40.9. The van der Waals surface area contributed by atoms with Crippen LogP contribution in [0.1, 0.15) is 0 Å². The van der Waals surface area contributed by atoms with Crippen molar-refractivity contribution in [3.63, 3.8) is 0 Å². The first-order chi connectivity index (χ1) is 37.1. The molecule has 0 aliphatic carbocycles. The molecule has 0 fully saturated rings. The van der Waals surface area contributed by atoms with Crippen molar-refractivity contribution in [3.05, 3.63) is 279 Å². The van der Waals surface area contributed by atoms with Gasteiger partial charge in [-0.3, -0.25) is 0 Å². The van der Waals surface area contributed by atoms with Gasteiger partial charge in [-0.15, -0.1) is 0 Å². The molecule has 0 unspecified atom stereocenters. The first kappa shape index (κ1) is 42.7. The van der Waals surface area contributed by atoms with Crippen molar-refractivity contribution in [2.45, 2.75) is 0 Å². The molecule has 0 atom stereocenters. The van der Waals surface area contributed by atoms with E-state index >= 15 is 0 Å². The summed E-state index contributed by atoms with van der Waals surface area (Å²) in [6, 6.07) is 102. The van der Waals surface area contributed by atoms with Crippen molar-refractivity contribution in [1.82, 2.24) is 4.57 Å². The highest BCUT2D eigenvalue weighted by Gasteiger charge is 2.22. The minimum atomic E-state index is 0.866. The predicted octanol–water partition coefficient (Wildman–Crippen LogP) is 20.3. The van der Waals surface area contributed by atoms with Gasteiger partial charge in [-0.25, -0.2) is 0 Å². The fraction of sp³-hybridized carbons (Fsp3) is 0. The second-order valence-corrected chi connectivity index (χ2v) is 19.7. The largest absolute Gasteiger partial charge is 0.456 e. The monoisotopic (exact) mass is 954 g/mol. The lowest BCUT2D eigenvalue weighted by Crippen LogP contribution is -2.11. The molecule has 2 aromatic heterocycles. The number of aromatic nitrogens is 1. The molecule has 3 nitrogen and oxygen atoms in total. The molecule has 3 heteroatoms. The van der Waals surface area contributed by atoms with Crippen LogP contribution in [0.15, 0.2) is 283 Å². The molecule has 75 heavy (non-hydrogen) atoms. The van der Waals surface area contributed by atoms with Gasteiger partial charge in [0, 0.05) is 44.0 Å². The number of benzene rings is 13. The standard InChI is InChI=1S/C72H46N2O/c1-3-17-50-39-54(31-29-47(50)15-1)57-41-58(55-35-38-65-66-44-52-19-5-6-20-53(52)45-72(66)75-71(65)46-55)43-60(42-57)73(67-25-11-8-22-62(67)56-32-30-48-16-2-4-18-51(48)40-56)59-36-33-49(34-37-59)61-21-7-12-26-68(61)74-69-27-13-9-23-63(69)64-24-10-14-28-70(64)74/h1-46H. The highest BCUT2D eigenvalue weighted by Crippen LogP contribution is 2.46. The lowest BCUT2D eigenvalue weighted by molar-refractivity contribution is 0.669. The average Bonchev–Trinajstić information content (AvgIpc) is 4.04. The smallest absolute Gasteiger partial charge is 0.136 e. The van der Waals surface area contributed by atoms with E-state index in [1.165, 1.54) is 54.1 Å². The van der Waals surface area contributed by atoms with Gasteiger partial charge < -0.3 is 13.9 Å². The lowest BCUT2D eigenvalue weighted by Gasteiger charge is -2.29. The highest BCUT2D eigenvalue weighted by atomic mass is 16.3. The Hall–Kier alpha value is -9.96. The molecule has 350 valence electrons. The van der Waals surface area contributed by atoms with Gasteiger partial charge in [0.2, 0.25) is 0 Å². The zero-order valence-corrected chi connectivity index (χ0v) is 40.9. The number of hydrogen-bond donors (Lipinski definition) is 0. The molecule has 0 aliphatic rings. The molecule has 13 aromatic carbocycles. The van der Waals surface area contributed by atoms with Crippen LogP contribution >= 0.6 is 0 Å². The second kappa shape index (κ2) is 17.4. The second-order valence-electron chi connectivity index (χ2n) is 19.7. The molecule has 15 rings (SSSR count). The third kappa shape index (κ3) is 7.28. The number of nitrogens with zero attached hydrogens (tertiary/aromatic N) is 2. The number of rotatable bonds is 8. The van der Waals surface area contributed by atoms with E-state index in [1.54, 1.807) is 0 Å². The van der Waals surface area contributed by atoms with Crippen LogP contribution in [0.3, 0.4) is 0 Å². The maximum atomic E-state index is 6.71. The van der Waals surface area contributed by atoms with Gasteiger partial charge in [-0.2, -0.15) is 0 Å². The summed E-state index contributed by atoms with van der Waals surface area (Å²) in [4.78, 5) is 2.45. The summed E-state index contributed by atoms with van der Waals surface area (Å²) in [6.07, 6.45) is 0. The fourth-order valence-electron chi connectivity index (χ4n) is 11.7. The third-order valence-corrected chi connectivity index (χ3v) is 15.3. The van der Waals surface area contributed by atoms with Crippen molar-refractivity contribution in [2.75, 3.05) is 4.90 Å². The van der Waals surface area contributed by atoms with Crippen molar-refractivity contribution < 1.29 is 4.42 Å². The van der Waals surface area contributed by atoms with Gasteiger partial charge in [0.15, 0.2) is 0 Å². The van der Waals surface area contributed by atoms with Crippen molar-refractivity contribution in [3.8, 4) is 50.2 Å². The molecule has 0 amide bonds. The minimum absolute atomic E-state index is 0.866. The number of anilines is 3. The van der Waals surface area contributed by atoms with Crippen molar-refractivity contribution >= 4 is 93.1 Å². The molecule has 0 spiro atoms. The Balaban J connectivity index is 0.938. The number of furan rings is 1. The van der Waals surface area contributed by atoms with Crippen molar-refractivity contribution in [1.29, 1.82) is 0 Å². The van der Waals surface area contributed by atoms with Crippen LogP contribution in [0.4, 0.5) is 17.1 Å². The summed E-state index contributed by atoms with van der Waals surface area (Å²) in [5.41, 5.74) is 17.5.